The van der Waals surface area contributed by atoms with Crippen LogP contribution in [0.3, 0.4) is 0 Å². The fraction of sp³-hybridized carbons (Fsp3) is 0.556. The van der Waals surface area contributed by atoms with Crippen molar-refractivity contribution in [3.63, 3.8) is 0 Å². The summed E-state index contributed by atoms with van der Waals surface area (Å²) >= 11 is 0. The summed E-state index contributed by atoms with van der Waals surface area (Å²) in [6, 6.07) is -0.997. The molecule has 0 aromatic rings. The lowest BCUT2D eigenvalue weighted by Crippen LogP contribution is -2.43. The number of primary amides is 1. The first-order valence-electron chi connectivity index (χ1n) is 4.39. The molecule has 0 fully saturated rings. The van der Waals surface area contributed by atoms with Crippen LogP contribution >= 0.6 is 0 Å². The lowest BCUT2D eigenvalue weighted by atomic mass is 10.2. The second-order valence-corrected chi connectivity index (χ2v) is 2.80. The predicted molar refractivity (Wildman–Crippen MR) is 53.3 cm³/mol. The van der Waals surface area contributed by atoms with Crippen LogP contribution in [-0.4, -0.2) is 24.5 Å². The van der Waals surface area contributed by atoms with Gasteiger partial charge in [-0.05, 0) is 6.42 Å². The van der Waals surface area contributed by atoms with Crippen LogP contribution in [0, 0.1) is 12.3 Å². The molecule has 3 amide bonds. The summed E-state index contributed by atoms with van der Waals surface area (Å²) in [6.07, 6.45) is 6.93. The van der Waals surface area contributed by atoms with Crippen LogP contribution in [-0.2, 0) is 4.79 Å². The van der Waals surface area contributed by atoms with E-state index in [1.807, 2.05) is 12.2 Å². The maximum atomic E-state index is 10.9. The molecule has 0 aliphatic heterocycles. The highest BCUT2D eigenvalue weighted by atomic mass is 16.2. The van der Waals surface area contributed by atoms with Crippen molar-refractivity contribution in [2.45, 2.75) is 25.8 Å². The van der Waals surface area contributed by atoms with E-state index in [1.165, 1.54) is 0 Å². The summed E-state index contributed by atoms with van der Waals surface area (Å²) in [5.41, 5.74) is 4.75. The molecule has 0 aromatic heterocycles. The molecule has 5 nitrogen and oxygen atoms in total. The van der Waals surface area contributed by atoms with Gasteiger partial charge in [0.25, 0.3) is 0 Å². The van der Waals surface area contributed by atoms with Crippen LogP contribution in [0.15, 0.2) is 0 Å². The predicted octanol–water partition coefficient (Wildman–Crippen LogP) is -0.427. The Morgan fingerprint density at radius 1 is 1.57 bits per heavy atom. The number of nitrogens with two attached hydrogens (primary N) is 1. The molecule has 0 aliphatic rings. The summed E-state index contributed by atoms with van der Waals surface area (Å²) in [7, 11) is 0. The van der Waals surface area contributed by atoms with E-state index in [9.17, 15) is 9.59 Å². The number of rotatable bonds is 5. The number of hydrogen-bond acceptors (Lipinski definition) is 3. The molecule has 0 heterocycles. The Morgan fingerprint density at radius 3 is 2.64 bits per heavy atom. The van der Waals surface area contributed by atoms with E-state index in [1.54, 1.807) is 0 Å². The second kappa shape index (κ2) is 6.92. The number of nitrogens with one attached hydrogen (secondary N) is 2. The minimum atomic E-state index is -0.857. The van der Waals surface area contributed by atoms with Crippen molar-refractivity contribution in [1.29, 1.82) is 0 Å². The van der Waals surface area contributed by atoms with Gasteiger partial charge in [-0.2, -0.15) is 0 Å². The SMILES string of the molecule is C#CC(CCC)NCC(=O)NC(N)=O. The molecule has 0 aromatic carbocycles. The summed E-state index contributed by atoms with van der Waals surface area (Å²) in [4.78, 5) is 21.2. The lowest BCUT2D eigenvalue weighted by molar-refractivity contribution is -0.119. The Kier molecular flexibility index (Phi) is 6.16. The normalized spacial score (nSPS) is 11.4. The number of amides is 3. The van der Waals surface area contributed by atoms with E-state index >= 15 is 0 Å². The zero-order valence-electron chi connectivity index (χ0n) is 8.17. The monoisotopic (exact) mass is 197 g/mol. The van der Waals surface area contributed by atoms with E-state index < -0.39 is 11.9 Å². The molecule has 0 saturated carbocycles. The van der Waals surface area contributed by atoms with Crippen molar-refractivity contribution in [3.05, 3.63) is 0 Å². The van der Waals surface area contributed by atoms with E-state index in [4.69, 9.17) is 12.2 Å². The molecule has 14 heavy (non-hydrogen) atoms. The van der Waals surface area contributed by atoms with Gasteiger partial charge in [-0.25, -0.2) is 4.79 Å². The molecule has 1 atom stereocenters. The minimum Gasteiger partial charge on any atom is -0.351 e. The van der Waals surface area contributed by atoms with Gasteiger partial charge < -0.3 is 5.73 Å². The first-order chi connectivity index (χ1) is 6.60. The maximum absolute atomic E-state index is 10.9. The van der Waals surface area contributed by atoms with Gasteiger partial charge in [-0.1, -0.05) is 19.3 Å². The summed E-state index contributed by atoms with van der Waals surface area (Å²) in [5.74, 6) is 2.03. The van der Waals surface area contributed by atoms with Gasteiger partial charge in [-0.3, -0.25) is 15.4 Å². The number of imide groups is 1. The van der Waals surface area contributed by atoms with E-state index in [2.05, 4.69) is 11.2 Å². The average Bonchev–Trinajstić information content (AvgIpc) is 2.11. The van der Waals surface area contributed by atoms with Crippen molar-refractivity contribution in [2.24, 2.45) is 5.73 Å². The molecule has 0 saturated heterocycles. The van der Waals surface area contributed by atoms with E-state index in [-0.39, 0.29) is 12.6 Å². The van der Waals surface area contributed by atoms with Gasteiger partial charge in [0.2, 0.25) is 5.91 Å². The Balaban J connectivity index is 3.75. The fourth-order valence-corrected chi connectivity index (χ4v) is 0.930. The summed E-state index contributed by atoms with van der Waals surface area (Å²) in [5, 5.41) is 4.75. The molecule has 4 N–H and O–H groups in total. The zero-order chi connectivity index (χ0) is 11.0. The van der Waals surface area contributed by atoms with Gasteiger partial charge >= 0.3 is 6.03 Å². The number of carbonyl (C=O) groups is 2. The smallest absolute Gasteiger partial charge is 0.318 e. The topological polar surface area (TPSA) is 84.2 Å². The van der Waals surface area contributed by atoms with Gasteiger partial charge in [0.1, 0.15) is 0 Å². The van der Waals surface area contributed by atoms with Crippen LogP contribution in [0.5, 0.6) is 0 Å². The van der Waals surface area contributed by atoms with Gasteiger partial charge in [-0.15, -0.1) is 6.42 Å². The quantitative estimate of drug-likeness (QED) is 0.523. The zero-order valence-corrected chi connectivity index (χ0v) is 8.17. The van der Waals surface area contributed by atoms with Crippen molar-refractivity contribution >= 4 is 11.9 Å². The number of urea groups is 1. The third-order valence-corrected chi connectivity index (χ3v) is 1.55. The molecule has 1 unspecified atom stereocenters. The van der Waals surface area contributed by atoms with Crippen LogP contribution in [0.25, 0.3) is 0 Å². The van der Waals surface area contributed by atoms with Crippen LogP contribution in [0.1, 0.15) is 19.8 Å². The van der Waals surface area contributed by atoms with Crippen LogP contribution in [0.2, 0.25) is 0 Å². The van der Waals surface area contributed by atoms with Gasteiger partial charge in [0.05, 0.1) is 12.6 Å². The number of hydrogen-bond donors (Lipinski definition) is 3. The summed E-state index contributed by atoms with van der Waals surface area (Å²) in [6.45, 7) is 1.99. The third-order valence-electron chi connectivity index (χ3n) is 1.55. The Morgan fingerprint density at radius 2 is 2.21 bits per heavy atom. The summed E-state index contributed by atoms with van der Waals surface area (Å²) < 4.78 is 0. The maximum Gasteiger partial charge on any atom is 0.318 e. The highest BCUT2D eigenvalue weighted by molar-refractivity contribution is 5.94. The molecule has 5 heteroatoms. The van der Waals surface area contributed by atoms with E-state index in [0.29, 0.717) is 0 Å². The van der Waals surface area contributed by atoms with E-state index in [0.717, 1.165) is 12.8 Å². The highest BCUT2D eigenvalue weighted by Gasteiger charge is 2.07. The fourth-order valence-electron chi connectivity index (χ4n) is 0.930. The first-order valence-corrected chi connectivity index (χ1v) is 4.39. The second-order valence-electron chi connectivity index (χ2n) is 2.80. The standard InChI is InChI=1S/C9H15N3O2/c1-3-5-7(4-2)11-6-8(13)12-9(10)14/h2,7,11H,3,5-6H2,1H3,(H3,10,12,13,14). The third kappa shape index (κ3) is 6.03. The first kappa shape index (κ1) is 12.5. The van der Waals surface area contributed by atoms with Crippen LogP contribution < -0.4 is 16.4 Å². The highest BCUT2D eigenvalue weighted by Crippen LogP contribution is 1.93. The molecule has 78 valence electrons. The van der Waals surface area contributed by atoms with Crippen molar-refractivity contribution < 1.29 is 9.59 Å². The van der Waals surface area contributed by atoms with Crippen molar-refractivity contribution in [2.75, 3.05) is 6.54 Å². The Bertz CT molecular complexity index is 245. The molecular weight excluding hydrogens is 182 g/mol. The number of carbonyl (C=O) groups excluding carboxylic acids is 2. The van der Waals surface area contributed by atoms with Crippen molar-refractivity contribution in [3.8, 4) is 12.3 Å². The largest absolute Gasteiger partial charge is 0.351 e. The molecule has 0 aliphatic carbocycles. The molecule has 0 spiro atoms. The molecular formula is C9H15N3O2. The lowest BCUT2D eigenvalue weighted by Gasteiger charge is -2.10. The van der Waals surface area contributed by atoms with Gasteiger partial charge in [0.15, 0.2) is 0 Å². The molecule has 0 rings (SSSR count). The van der Waals surface area contributed by atoms with Crippen molar-refractivity contribution in [1.82, 2.24) is 10.6 Å². The molecule has 0 radical (unpaired) electrons. The van der Waals surface area contributed by atoms with Gasteiger partial charge in [0, 0.05) is 0 Å². The molecule has 0 bridgehead atoms. The Hall–Kier alpha value is -1.54. The minimum absolute atomic E-state index is 0.00218. The average molecular weight is 197 g/mol. The number of terminal acetylenes is 1. The Labute approximate surface area is 83.4 Å². The van der Waals surface area contributed by atoms with Crippen LogP contribution in [0.4, 0.5) is 4.79 Å².